The number of carbonyl (C=O) groups is 2. The smallest absolute Gasteiger partial charge is 0.249 e. The summed E-state index contributed by atoms with van der Waals surface area (Å²) >= 11 is 0. The highest BCUT2D eigenvalue weighted by atomic mass is 16.2. The fourth-order valence-corrected chi connectivity index (χ4v) is 1.92. The van der Waals surface area contributed by atoms with Gasteiger partial charge in [-0.05, 0) is 6.92 Å². The molecule has 0 radical (unpaired) electrons. The average Bonchev–Trinajstić information content (AvgIpc) is 2.15. The van der Waals surface area contributed by atoms with Gasteiger partial charge < -0.3 is 15.5 Å². The van der Waals surface area contributed by atoms with Gasteiger partial charge in [-0.2, -0.15) is 0 Å². The highest BCUT2D eigenvalue weighted by molar-refractivity contribution is 5.96. The van der Waals surface area contributed by atoms with Crippen LogP contribution in [0.5, 0.6) is 0 Å². The lowest BCUT2D eigenvalue weighted by atomic mass is 10.1. The van der Waals surface area contributed by atoms with E-state index in [1.807, 2.05) is 0 Å². The van der Waals surface area contributed by atoms with Crippen molar-refractivity contribution in [2.45, 2.75) is 19.0 Å². The predicted octanol–water partition coefficient (Wildman–Crippen LogP) is -2.72. The van der Waals surface area contributed by atoms with E-state index in [0.717, 1.165) is 6.54 Å². The number of hydrogen-bond acceptors (Lipinski definition) is 2. The third-order valence-electron chi connectivity index (χ3n) is 2.66. The van der Waals surface area contributed by atoms with Crippen molar-refractivity contribution in [3.8, 4) is 0 Å². The Bertz CT molecular complexity index is 254. The van der Waals surface area contributed by atoms with Crippen molar-refractivity contribution in [1.29, 1.82) is 0 Å². The first-order valence-electron chi connectivity index (χ1n) is 4.62. The van der Waals surface area contributed by atoms with Crippen LogP contribution in [-0.4, -0.2) is 48.4 Å². The zero-order valence-corrected chi connectivity index (χ0v) is 7.62. The molecular weight excluding hydrogens is 170 g/mol. The summed E-state index contributed by atoms with van der Waals surface area (Å²) in [6, 6.07) is -0.584. The van der Waals surface area contributed by atoms with Gasteiger partial charge in [-0.15, -0.1) is 0 Å². The number of nitrogens with one attached hydrogen (secondary N) is 1. The summed E-state index contributed by atoms with van der Waals surface area (Å²) < 4.78 is 0. The minimum atomic E-state index is -0.346. The third-order valence-corrected chi connectivity index (χ3v) is 2.66. The maximum Gasteiger partial charge on any atom is 0.249 e. The van der Waals surface area contributed by atoms with Gasteiger partial charge in [-0.3, -0.25) is 9.59 Å². The molecule has 2 fully saturated rings. The first-order valence-corrected chi connectivity index (χ1v) is 4.62. The Hall–Kier alpha value is -1.10. The number of quaternary nitrogens is 1. The summed E-state index contributed by atoms with van der Waals surface area (Å²) in [5.74, 6) is 0.0424. The molecule has 0 bridgehead atoms. The van der Waals surface area contributed by atoms with E-state index in [4.69, 9.17) is 0 Å². The second-order valence-corrected chi connectivity index (χ2v) is 3.59. The van der Waals surface area contributed by atoms with E-state index in [1.165, 1.54) is 0 Å². The van der Waals surface area contributed by atoms with Crippen LogP contribution in [0.15, 0.2) is 0 Å². The van der Waals surface area contributed by atoms with Crippen molar-refractivity contribution < 1.29 is 14.9 Å². The summed E-state index contributed by atoms with van der Waals surface area (Å²) in [6.45, 7) is 4.03. The second kappa shape index (κ2) is 2.99. The zero-order chi connectivity index (χ0) is 9.42. The molecule has 0 spiro atoms. The number of hydrogen-bond donors (Lipinski definition) is 2. The van der Waals surface area contributed by atoms with Crippen molar-refractivity contribution in [2.24, 2.45) is 0 Å². The van der Waals surface area contributed by atoms with Crippen LogP contribution in [0.1, 0.15) is 6.92 Å². The normalized spacial score (nSPS) is 34.1. The Morgan fingerprint density at radius 2 is 2.31 bits per heavy atom. The molecule has 0 aliphatic carbocycles. The van der Waals surface area contributed by atoms with E-state index in [-0.39, 0.29) is 23.9 Å². The quantitative estimate of drug-likeness (QED) is 0.429. The number of nitrogens with two attached hydrogens (primary N) is 1. The fraction of sp³-hybridized carbons (Fsp3) is 0.750. The molecule has 72 valence electrons. The van der Waals surface area contributed by atoms with E-state index >= 15 is 0 Å². The van der Waals surface area contributed by atoms with E-state index in [0.29, 0.717) is 13.1 Å². The standard InChI is InChI=1S/C8H13N3O2/c1-5-8(13)11-3-2-9-4-6(11)7(12)10-5/h5-6,9H,2-4H2,1H3,(H,10,12)/p+1/t5-,6+/m0/s1. The van der Waals surface area contributed by atoms with Crippen molar-refractivity contribution in [3.05, 3.63) is 0 Å². The van der Waals surface area contributed by atoms with Gasteiger partial charge in [0.2, 0.25) is 11.8 Å². The van der Waals surface area contributed by atoms with Crippen LogP contribution >= 0.6 is 0 Å². The first kappa shape index (κ1) is 8.50. The lowest BCUT2D eigenvalue weighted by Gasteiger charge is -2.39. The van der Waals surface area contributed by atoms with Gasteiger partial charge in [0.05, 0.1) is 13.1 Å². The van der Waals surface area contributed by atoms with Gasteiger partial charge in [0.1, 0.15) is 12.6 Å². The van der Waals surface area contributed by atoms with E-state index in [9.17, 15) is 9.59 Å². The van der Waals surface area contributed by atoms with Crippen LogP contribution in [0.25, 0.3) is 0 Å². The van der Waals surface area contributed by atoms with Gasteiger partial charge >= 0.3 is 0 Å². The average molecular weight is 184 g/mol. The highest BCUT2D eigenvalue weighted by Gasteiger charge is 2.41. The molecule has 2 heterocycles. The number of nitrogens with zero attached hydrogens (tertiary/aromatic N) is 1. The highest BCUT2D eigenvalue weighted by Crippen LogP contribution is 2.09. The zero-order valence-electron chi connectivity index (χ0n) is 7.62. The summed E-state index contributed by atoms with van der Waals surface area (Å²) in [5.41, 5.74) is 0. The maximum absolute atomic E-state index is 11.6. The van der Waals surface area contributed by atoms with E-state index in [1.54, 1.807) is 11.8 Å². The van der Waals surface area contributed by atoms with Crippen LogP contribution in [0, 0.1) is 0 Å². The van der Waals surface area contributed by atoms with Crippen molar-refractivity contribution in [1.82, 2.24) is 10.2 Å². The van der Waals surface area contributed by atoms with Gasteiger partial charge in [0, 0.05) is 0 Å². The minimum Gasteiger partial charge on any atom is -0.343 e. The predicted molar refractivity (Wildman–Crippen MR) is 44.8 cm³/mol. The third kappa shape index (κ3) is 1.29. The SMILES string of the molecule is C[C@@H]1NC(=O)[C@H]2C[NH2+]CCN2C1=O. The van der Waals surface area contributed by atoms with Gasteiger partial charge in [-0.1, -0.05) is 0 Å². The Balaban J connectivity index is 2.19. The largest absolute Gasteiger partial charge is 0.343 e. The molecule has 2 aliphatic heterocycles. The summed E-state index contributed by atoms with van der Waals surface area (Å²) in [6.07, 6.45) is 0. The number of rotatable bonds is 0. The van der Waals surface area contributed by atoms with Gasteiger partial charge in [-0.25, -0.2) is 0 Å². The monoisotopic (exact) mass is 184 g/mol. The van der Waals surface area contributed by atoms with Crippen molar-refractivity contribution >= 4 is 11.8 Å². The molecule has 0 saturated carbocycles. The molecule has 0 aromatic rings. The van der Waals surface area contributed by atoms with Gasteiger partial charge in [0.25, 0.3) is 0 Å². The summed E-state index contributed by atoms with van der Waals surface area (Å²) in [4.78, 5) is 24.8. The first-order chi connectivity index (χ1) is 6.20. The minimum absolute atomic E-state index is 0.0111. The van der Waals surface area contributed by atoms with Gasteiger partial charge in [0.15, 0.2) is 6.04 Å². The van der Waals surface area contributed by atoms with E-state index < -0.39 is 0 Å². The molecule has 0 unspecified atom stereocenters. The Kier molecular flexibility index (Phi) is 1.95. The lowest BCUT2D eigenvalue weighted by Crippen LogP contribution is -2.94. The Labute approximate surface area is 76.5 Å². The topological polar surface area (TPSA) is 66.0 Å². The summed E-state index contributed by atoms with van der Waals surface area (Å²) in [7, 11) is 0. The molecular formula is C8H14N3O2+. The summed E-state index contributed by atoms with van der Waals surface area (Å²) in [5, 5.41) is 4.75. The molecule has 2 atom stereocenters. The molecule has 5 nitrogen and oxygen atoms in total. The molecule has 0 aromatic heterocycles. The fourth-order valence-electron chi connectivity index (χ4n) is 1.92. The molecule has 2 aliphatic rings. The van der Waals surface area contributed by atoms with Crippen LogP contribution in [-0.2, 0) is 9.59 Å². The maximum atomic E-state index is 11.6. The molecule has 3 N–H and O–H groups in total. The number of carbonyl (C=O) groups excluding carboxylic acids is 2. The Morgan fingerprint density at radius 1 is 1.54 bits per heavy atom. The Morgan fingerprint density at radius 3 is 3.08 bits per heavy atom. The number of piperazine rings is 2. The van der Waals surface area contributed by atoms with Crippen LogP contribution < -0.4 is 10.6 Å². The molecule has 0 aromatic carbocycles. The molecule has 2 amide bonds. The second-order valence-electron chi connectivity index (χ2n) is 3.59. The molecule has 13 heavy (non-hydrogen) atoms. The molecule has 2 rings (SSSR count). The van der Waals surface area contributed by atoms with Crippen LogP contribution in [0.3, 0.4) is 0 Å². The lowest BCUT2D eigenvalue weighted by molar-refractivity contribution is -0.665. The molecule has 2 saturated heterocycles. The van der Waals surface area contributed by atoms with E-state index in [2.05, 4.69) is 10.6 Å². The number of fused-ring (bicyclic) bond motifs is 1. The van der Waals surface area contributed by atoms with Crippen LogP contribution in [0.4, 0.5) is 0 Å². The number of amides is 2. The van der Waals surface area contributed by atoms with Crippen molar-refractivity contribution in [3.63, 3.8) is 0 Å². The van der Waals surface area contributed by atoms with Crippen molar-refractivity contribution in [2.75, 3.05) is 19.6 Å². The van der Waals surface area contributed by atoms with Crippen LogP contribution in [0.2, 0.25) is 0 Å². The molecule has 5 heteroatoms.